The second kappa shape index (κ2) is 13.2. The normalized spacial score (nSPS) is 13.0. The van der Waals surface area contributed by atoms with Gasteiger partial charge in [-0.3, -0.25) is 0 Å². The summed E-state index contributed by atoms with van der Waals surface area (Å²) in [5.41, 5.74) is 14.2. The minimum atomic E-state index is -0.0427. The Labute approximate surface area is 347 Å². The molecule has 1 aliphatic carbocycles. The smallest absolute Gasteiger partial charge is 0.164 e. The monoisotopic (exact) mass is 767 g/mol. The Bertz CT molecular complexity index is 3530. The van der Waals surface area contributed by atoms with Gasteiger partial charge in [0.05, 0.1) is 0 Å². The van der Waals surface area contributed by atoms with Gasteiger partial charge in [0.15, 0.2) is 17.5 Å². The molecule has 0 aliphatic heterocycles. The maximum absolute atomic E-state index is 6.67. The van der Waals surface area contributed by atoms with E-state index >= 15 is 0 Å². The van der Waals surface area contributed by atoms with Crippen LogP contribution in [0.4, 0.5) is 0 Å². The Morgan fingerprint density at radius 1 is 0.350 bits per heavy atom. The molecule has 1 aliphatic rings. The van der Waals surface area contributed by atoms with E-state index in [9.17, 15) is 0 Å². The third kappa shape index (κ3) is 5.34. The van der Waals surface area contributed by atoms with Gasteiger partial charge in [0.1, 0.15) is 11.2 Å². The molecule has 0 N–H and O–H groups in total. The topological polar surface area (TPSA) is 51.8 Å². The number of fused-ring (bicyclic) bond motifs is 9. The van der Waals surface area contributed by atoms with E-state index in [1.807, 2.05) is 30.3 Å². The maximum Gasteiger partial charge on any atom is 0.164 e. The van der Waals surface area contributed by atoms with Crippen molar-refractivity contribution in [3.8, 4) is 67.5 Å². The van der Waals surface area contributed by atoms with Crippen LogP contribution in [-0.2, 0) is 5.41 Å². The molecule has 0 saturated carbocycles. The lowest BCUT2D eigenvalue weighted by molar-refractivity contribution is 0.660. The minimum absolute atomic E-state index is 0.0427. The molecule has 0 amide bonds. The van der Waals surface area contributed by atoms with Gasteiger partial charge in [0, 0.05) is 32.9 Å². The molecule has 0 fully saturated rings. The molecule has 11 aromatic rings. The van der Waals surface area contributed by atoms with Crippen molar-refractivity contribution < 1.29 is 4.42 Å². The number of aromatic nitrogens is 3. The highest BCUT2D eigenvalue weighted by atomic mass is 16.3. The summed E-state index contributed by atoms with van der Waals surface area (Å²) in [6.45, 7) is 4.64. The van der Waals surface area contributed by atoms with E-state index in [-0.39, 0.29) is 5.41 Å². The fraction of sp³-hybridized carbons (Fsp3) is 0.0536. The fourth-order valence-electron chi connectivity index (χ4n) is 9.55. The average Bonchev–Trinajstić information content (AvgIpc) is 3.80. The van der Waals surface area contributed by atoms with Crippen LogP contribution in [0, 0.1) is 0 Å². The second-order valence-corrected chi connectivity index (χ2v) is 16.4. The summed E-state index contributed by atoms with van der Waals surface area (Å²) in [6.07, 6.45) is 0. The molecule has 0 unspecified atom stereocenters. The van der Waals surface area contributed by atoms with Crippen molar-refractivity contribution in [2.75, 3.05) is 0 Å². The molecule has 0 saturated heterocycles. The first kappa shape index (κ1) is 34.4. The Hall–Kier alpha value is -7.69. The number of benzene rings is 9. The summed E-state index contributed by atoms with van der Waals surface area (Å²) in [5.74, 6) is 1.83. The minimum Gasteiger partial charge on any atom is -0.456 e. The van der Waals surface area contributed by atoms with Gasteiger partial charge < -0.3 is 4.42 Å². The highest BCUT2D eigenvalue weighted by Gasteiger charge is 2.35. The van der Waals surface area contributed by atoms with Crippen LogP contribution in [0.5, 0.6) is 0 Å². The second-order valence-electron chi connectivity index (χ2n) is 16.4. The highest BCUT2D eigenvalue weighted by Crippen LogP contribution is 2.49. The zero-order valence-corrected chi connectivity index (χ0v) is 33.1. The predicted octanol–water partition coefficient (Wildman–Crippen LogP) is 14.7. The van der Waals surface area contributed by atoms with Gasteiger partial charge in [-0.25, -0.2) is 15.0 Å². The van der Waals surface area contributed by atoms with E-state index < -0.39 is 0 Å². The molecular formula is C56H37N3O. The first-order chi connectivity index (χ1) is 29.5. The molecule has 282 valence electrons. The molecule has 0 spiro atoms. The lowest BCUT2D eigenvalue weighted by atomic mass is 9.82. The molecule has 0 bridgehead atoms. The van der Waals surface area contributed by atoms with Gasteiger partial charge in [-0.05, 0) is 102 Å². The molecular weight excluding hydrogens is 731 g/mol. The summed E-state index contributed by atoms with van der Waals surface area (Å²) in [5, 5.41) is 6.92. The van der Waals surface area contributed by atoms with E-state index in [0.717, 1.165) is 55.3 Å². The van der Waals surface area contributed by atoms with Crippen molar-refractivity contribution in [2.24, 2.45) is 0 Å². The van der Waals surface area contributed by atoms with Crippen molar-refractivity contribution in [1.29, 1.82) is 0 Å². The molecule has 60 heavy (non-hydrogen) atoms. The molecule has 2 heterocycles. The fourth-order valence-corrected chi connectivity index (χ4v) is 9.55. The first-order valence-electron chi connectivity index (χ1n) is 20.5. The quantitative estimate of drug-likeness (QED) is 0.164. The standard InChI is InChI=1S/C56H37N3O/c1-56(2)48-24-11-10-22-43(48)47-31-36(27-29-49(47)56)35-17-12-18-39(30-35)54-57-53(34-14-4-3-5-15-34)58-55(59-54)45-23-13-25-50-52(45)44-28-26-38(33-51(44)60-50)46-32-37-16-6-7-19-40(37)41-20-8-9-21-42(41)46/h3-33H,1-2H3. The summed E-state index contributed by atoms with van der Waals surface area (Å²) in [7, 11) is 0. The third-order valence-corrected chi connectivity index (χ3v) is 12.5. The Morgan fingerprint density at radius 2 is 0.983 bits per heavy atom. The molecule has 0 radical (unpaired) electrons. The van der Waals surface area contributed by atoms with Crippen molar-refractivity contribution in [3.63, 3.8) is 0 Å². The largest absolute Gasteiger partial charge is 0.456 e. The molecule has 9 aromatic carbocycles. The Morgan fingerprint density at radius 3 is 1.87 bits per heavy atom. The lowest BCUT2D eigenvalue weighted by Gasteiger charge is -2.21. The van der Waals surface area contributed by atoms with Gasteiger partial charge in [-0.1, -0.05) is 166 Å². The summed E-state index contributed by atoms with van der Waals surface area (Å²) in [6, 6.07) is 66.7. The van der Waals surface area contributed by atoms with Crippen molar-refractivity contribution >= 4 is 43.5 Å². The number of hydrogen-bond donors (Lipinski definition) is 0. The van der Waals surface area contributed by atoms with Crippen LogP contribution in [0.1, 0.15) is 25.0 Å². The van der Waals surface area contributed by atoms with Crippen LogP contribution < -0.4 is 0 Å². The van der Waals surface area contributed by atoms with E-state index in [4.69, 9.17) is 19.4 Å². The number of hydrogen-bond acceptors (Lipinski definition) is 4. The van der Waals surface area contributed by atoms with E-state index in [1.165, 1.54) is 49.4 Å². The summed E-state index contributed by atoms with van der Waals surface area (Å²) in [4.78, 5) is 15.5. The van der Waals surface area contributed by atoms with Crippen molar-refractivity contribution in [1.82, 2.24) is 15.0 Å². The van der Waals surface area contributed by atoms with Crippen LogP contribution >= 0.6 is 0 Å². The molecule has 12 rings (SSSR count). The summed E-state index contributed by atoms with van der Waals surface area (Å²) < 4.78 is 6.67. The van der Waals surface area contributed by atoms with Gasteiger partial charge in [0.2, 0.25) is 0 Å². The van der Waals surface area contributed by atoms with Gasteiger partial charge in [-0.15, -0.1) is 0 Å². The SMILES string of the molecule is CC1(C)c2ccccc2-c2cc(-c3cccc(-c4nc(-c5ccccc5)nc(-c5cccc6oc7cc(-c8cc9ccccc9c9ccccc89)ccc7c56)n4)c3)ccc21. The Balaban J connectivity index is 0.996. The van der Waals surface area contributed by atoms with Crippen LogP contribution in [0.15, 0.2) is 192 Å². The first-order valence-corrected chi connectivity index (χ1v) is 20.5. The number of rotatable bonds is 5. The van der Waals surface area contributed by atoms with Gasteiger partial charge in [-0.2, -0.15) is 0 Å². The van der Waals surface area contributed by atoms with Crippen molar-refractivity contribution in [2.45, 2.75) is 19.3 Å². The summed E-state index contributed by atoms with van der Waals surface area (Å²) >= 11 is 0. The zero-order valence-electron chi connectivity index (χ0n) is 33.1. The predicted molar refractivity (Wildman–Crippen MR) is 247 cm³/mol. The van der Waals surface area contributed by atoms with E-state index in [0.29, 0.717) is 17.5 Å². The number of nitrogens with zero attached hydrogens (tertiary/aromatic N) is 3. The number of furan rings is 1. The van der Waals surface area contributed by atoms with Crippen LogP contribution in [0.3, 0.4) is 0 Å². The van der Waals surface area contributed by atoms with E-state index in [1.54, 1.807) is 0 Å². The molecule has 0 atom stereocenters. The van der Waals surface area contributed by atoms with E-state index in [2.05, 4.69) is 172 Å². The van der Waals surface area contributed by atoms with Crippen LogP contribution in [0.2, 0.25) is 0 Å². The molecule has 4 heteroatoms. The third-order valence-electron chi connectivity index (χ3n) is 12.5. The Kier molecular flexibility index (Phi) is 7.54. The van der Waals surface area contributed by atoms with Crippen molar-refractivity contribution in [3.05, 3.63) is 199 Å². The van der Waals surface area contributed by atoms with Gasteiger partial charge >= 0.3 is 0 Å². The molecule has 2 aromatic heterocycles. The van der Waals surface area contributed by atoms with Crippen LogP contribution in [-0.4, -0.2) is 15.0 Å². The zero-order chi connectivity index (χ0) is 40.0. The lowest BCUT2D eigenvalue weighted by Crippen LogP contribution is -2.14. The highest BCUT2D eigenvalue weighted by molar-refractivity contribution is 6.16. The maximum atomic E-state index is 6.67. The van der Waals surface area contributed by atoms with Gasteiger partial charge in [0.25, 0.3) is 0 Å². The van der Waals surface area contributed by atoms with Crippen LogP contribution in [0.25, 0.3) is 111 Å². The average molecular weight is 768 g/mol. The molecule has 4 nitrogen and oxygen atoms in total.